The van der Waals surface area contributed by atoms with Crippen molar-refractivity contribution in [1.82, 2.24) is 20.2 Å². The van der Waals surface area contributed by atoms with Crippen molar-refractivity contribution in [2.24, 2.45) is 0 Å². The van der Waals surface area contributed by atoms with E-state index in [1.807, 2.05) is 19.0 Å². The fraction of sp³-hybridized carbons (Fsp3) is 0.789. The summed E-state index contributed by atoms with van der Waals surface area (Å²) in [4.78, 5) is 14.1. The van der Waals surface area contributed by atoms with E-state index in [0.29, 0.717) is 12.1 Å². The minimum absolute atomic E-state index is 0.462. The molecule has 3 aliphatic heterocycles. The second-order valence-electron chi connectivity index (χ2n) is 7.97. The standard InChI is InChI=1S/C19H32N6O/c1-24(2)19-22-17-12-20-8-5-16(17)18(23-19)21-14-6-9-25(10-7-14)13-15-4-3-11-26-15/h14-15,20H,3-13H2,1-2H3,(H,21,22,23)/t15-/m0/s1. The van der Waals surface area contributed by atoms with Crippen LogP contribution in [0, 0.1) is 0 Å². The van der Waals surface area contributed by atoms with E-state index < -0.39 is 0 Å². The quantitative estimate of drug-likeness (QED) is 0.819. The number of ether oxygens (including phenoxy) is 1. The van der Waals surface area contributed by atoms with Crippen LogP contribution in [0.2, 0.25) is 0 Å². The van der Waals surface area contributed by atoms with Crippen LogP contribution in [0.3, 0.4) is 0 Å². The predicted molar refractivity (Wildman–Crippen MR) is 104 cm³/mol. The number of nitrogens with one attached hydrogen (secondary N) is 2. The van der Waals surface area contributed by atoms with Crippen LogP contribution in [0.1, 0.15) is 36.9 Å². The molecule has 0 saturated carbocycles. The molecule has 0 amide bonds. The smallest absolute Gasteiger partial charge is 0.227 e. The Kier molecular flexibility index (Phi) is 5.57. The lowest BCUT2D eigenvalue weighted by molar-refractivity contribution is 0.0654. The molecule has 144 valence electrons. The summed E-state index contributed by atoms with van der Waals surface area (Å²) in [6.45, 7) is 6.19. The summed E-state index contributed by atoms with van der Waals surface area (Å²) in [6, 6.07) is 0.500. The molecule has 26 heavy (non-hydrogen) atoms. The van der Waals surface area contributed by atoms with Gasteiger partial charge in [0, 0.05) is 58.5 Å². The van der Waals surface area contributed by atoms with Crippen LogP contribution in [0.25, 0.3) is 0 Å². The Bertz CT molecular complexity index is 608. The molecule has 0 unspecified atom stereocenters. The van der Waals surface area contributed by atoms with Crippen molar-refractivity contribution in [3.8, 4) is 0 Å². The molecule has 7 nitrogen and oxygen atoms in total. The summed E-state index contributed by atoms with van der Waals surface area (Å²) in [5, 5.41) is 7.18. The Morgan fingerprint density at radius 3 is 2.81 bits per heavy atom. The van der Waals surface area contributed by atoms with E-state index >= 15 is 0 Å². The molecule has 7 heteroatoms. The molecule has 2 N–H and O–H groups in total. The van der Waals surface area contributed by atoms with Gasteiger partial charge in [-0.3, -0.25) is 0 Å². The molecular weight excluding hydrogens is 328 g/mol. The van der Waals surface area contributed by atoms with Gasteiger partial charge in [0.2, 0.25) is 5.95 Å². The van der Waals surface area contributed by atoms with Crippen molar-refractivity contribution in [1.29, 1.82) is 0 Å². The van der Waals surface area contributed by atoms with Crippen LogP contribution in [-0.2, 0) is 17.7 Å². The SMILES string of the molecule is CN(C)c1nc2c(c(NC3CCN(C[C@@H]4CCCO4)CC3)n1)CCNC2. The maximum absolute atomic E-state index is 5.79. The lowest BCUT2D eigenvalue weighted by Crippen LogP contribution is -2.42. The lowest BCUT2D eigenvalue weighted by atomic mass is 10.0. The zero-order valence-electron chi connectivity index (χ0n) is 16.1. The topological polar surface area (TPSA) is 65.6 Å². The molecular formula is C19H32N6O. The van der Waals surface area contributed by atoms with Gasteiger partial charge in [-0.15, -0.1) is 0 Å². The van der Waals surface area contributed by atoms with Crippen LogP contribution in [0.15, 0.2) is 0 Å². The fourth-order valence-electron chi connectivity index (χ4n) is 4.20. The maximum Gasteiger partial charge on any atom is 0.227 e. The number of rotatable bonds is 5. The highest BCUT2D eigenvalue weighted by Gasteiger charge is 2.26. The predicted octanol–water partition coefficient (Wildman–Crippen LogP) is 1.24. The molecule has 0 radical (unpaired) electrons. The van der Waals surface area contributed by atoms with Crippen LogP contribution in [0.4, 0.5) is 11.8 Å². The van der Waals surface area contributed by atoms with E-state index in [-0.39, 0.29) is 0 Å². The first-order chi connectivity index (χ1) is 12.7. The first-order valence-corrected chi connectivity index (χ1v) is 10.1. The van der Waals surface area contributed by atoms with Gasteiger partial charge in [0.05, 0.1) is 11.8 Å². The molecule has 4 rings (SSSR count). The first-order valence-electron chi connectivity index (χ1n) is 10.1. The summed E-state index contributed by atoms with van der Waals surface area (Å²) in [7, 11) is 4.01. The first kappa shape index (κ1) is 17.9. The van der Waals surface area contributed by atoms with Crippen molar-refractivity contribution in [3.05, 3.63) is 11.3 Å². The number of nitrogens with zero attached hydrogens (tertiary/aromatic N) is 4. The third-order valence-corrected chi connectivity index (χ3v) is 5.74. The third kappa shape index (κ3) is 4.10. The Balaban J connectivity index is 1.39. The van der Waals surface area contributed by atoms with Gasteiger partial charge in [0.15, 0.2) is 0 Å². The molecule has 0 aliphatic carbocycles. The Labute approximate surface area is 156 Å². The zero-order valence-corrected chi connectivity index (χ0v) is 16.1. The molecule has 2 saturated heterocycles. The average Bonchev–Trinajstić information content (AvgIpc) is 3.16. The number of likely N-dealkylation sites (tertiary alicyclic amines) is 1. The Morgan fingerprint density at radius 1 is 1.23 bits per heavy atom. The molecule has 2 fully saturated rings. The van der Waals surface area contributed by atoms with Crippen LogP contribution in [-0.4, -0.2) is 73.9 Å². The van der Waals surface area contributed by atoms with E-state index in [9.17, 15) is 0 Å². The van der Waals surface area contributed by atoms with E-state index in [2.05, 4.69) is 15.5 Å². The largest absolute Gasteiger partial charge is 0.377 e. The summed E-state index contributed by atoms with van der Waals surface area (Å²) in [6.07, 6.45) is 6.26. The molecule has 3 aliphatic rings. The minimum atomic E-state index is 0.462. The van der Waals surface area contributed by atoms with Crippen LogP contribution < -0.4 is 15.5 Å². The fourth-order valence-corrected chi connectivity index (χ4v) is 4.20. The average molecular weight is 361 g/mol. The molecule has 0 bridgehead atoms. The van der Waals surface area contributed by atoms with Crippen molar-refractivity contribution in [3.63, 3.8) is 0 Å². The van der Waals surface area contributed by atoms with E-state index in [1.54, 1.807) is 0 Å². The van der Waals surface area contributed by atoms with Crippen molar-refractivity contribution >= 4 is 11.8 Å². The number of anilines is 2. The highest BCUT2D eigenvalue weighted by atomic mass is 16.5. The number of piperidine rings is 1. The summed E-state index contributed by atoms with van der Waals surface area (Å²) in [5.74, 6) is 1.85. The van der Waals surface area contributed by atoms with Gasteiger partial charge < -0.3 is 25.2 Å². The Hall–Kier alpha value is -1.44. The number of hydrogen-bond acceptors (Lipinski definition) is 7. The maximum atomic E-state index is 5.79. The van der Waals surface area contributed by atoms with Gasteiger partial charge >= 0.3 is 0 Å². The second kappa shape index (κ2) is 8.06. The van der Waals surface area contributed by atoms with Gasteiger partial charge in [0.25, 0.3) is 0 Å². The highest BCUT2D eigenvalue weighted by Crippen LogP contribution is 2.25. The van der Waals surface area contributed by atoms with Crippen LogP contribution in [0.5, 0.6) is 0 Å². The number of fused-ring (bicyclic) bond motifs is 1. The molecule has 4 heterocycles. The monoisotopic (exact) mass is 360 g/mol. The van der Waals surface area contributed by atoms with E-state index in [4.69, 9.17) is 14.7 Å². The second-order valence-corrected chi connectivity index (χ2v) is 7.97. The summed E-state index contributed by atoms with van der Waals surface area (Å²) in [5.41, 5.74) is 2.45. The van der Waals surface area contributed by atoms with Gasteiger partial charge in [-0.25, -0.2) is 4.98 Å². The van der Waals surface area contributed by atoms with Crippen LogP contribution >= 0.6 is 0 Å². The minimum Gasteiger partial charge on any atom is -0.377 e. The molecule has 0 spiro atoms. The Morgan fingerprint density at radius 2 is 2.08 bits per heavy atom. The van der Waals surface area contributed by atoms with Gasteiger partial charge in [-0.2, -0.15) is 4.98 Å². The molecule has 1 aromatic rings. The van der Waals surface area contributed by atoms with Crippen molar-refractivity contribution < 1.29 is 4.74 Å². The molecule has 1 atom stereocenters. The molecule has 0 aromatic carbocycles. The van der Waals surface area contributed by atoms with E-state index in [1.165, 1.54) is 31.2 Å². The van der Waals surface area contributed by atoms with E-state index in [0.717, 1.165) is 63.2 Å². The number of hydrogen-bond donors (Lipinski definition) is 2. The number of aromatic nitrogens is 2. The molecule has 1 aromatic heterocycles. The summed E-state index contributed by atoms with van der Waals surface area (Å²) >= 11 is 0. The third-order valence-electron chi connectivity index (χ3n) is 5.74. The normalized spacial score (nSPS) is 24.5. The van der Waals surface area contributed by atoms with Gasteiger partial charge in [0.1, 0.15) is 5.82 Å². The highest BCUT2D eigenvalue weighted by molar-refractivity contribution is 5.52. The van der Waals surface area contributed by atoms with Gasteiger partial charge in [-0.05, 0) is 38.6 Å². The van der Waals surface area contributed by atoms with Crippen molar-refractivity contribution in [2.45, 2.75) is 50.8 Å². The lowest BCUT2D eigenvalue weighted by Gasteiger charge is -2.34. The van der Waals surface area contributed by atoms with Gasteiger partial charge in [-0.1, -0.05) is 0 Å². The van der Waals surface area contributed by atoms with Crippen molar-refractivity contribution in [2.75, 3.05) is 57.1 Å². The summed E-state index contributed by atoms with van der Waals surface area (Å²) < 4.78 is 5.79. The zero-order chi connectivity index (χ0) is 17.9.